The van der Waals surface area contributed by atoms with Crippen LogP contribution >= 0.6 is 0 Å². The van der Waals surface area contributed by atoms with Gasteiger partial charge < -0.3 is 18.7 Å². The maximum Gasteiger partial charge on any atom is 0.330 e. The number of nitrogens with one attached hydrogen (secondary N) is 1. The molecule has 0 bridgehead atoms. The summed E-state index contributed by atoms with van der Waals surface area (Å²) in [5.41, 5.74) is -1.14. The molecule has 0 unspecified atom stereocenters. The predicted octanol–water partition coefficient (Wildman–Crippen LogP) is 1.29. The van der Waals surface area contributed by atoms with Crippen molar-refractivity contribution < 1.29 is 18.7 Å². The van der Waals surface area contributed by atoms with Gasteiger partial charge in [0.25, 0.3) is 5.56 Å². The number of hydrogen-bond acceptors (Lipinski definition) is 6. The van der Waals surface area contributed by atoms with E-state index in [-0.39, 0.29) is 18.3 Å². The van der Waals surface area contributed by atoms with Gasteiger partial charge in [-0.05, 0) is 18.1 Å². The van der Waals surface area contributed by atoms with E-state index in [4.69, 9.17) is 13.9 Å². The molecule has 0 aromatic carbocycles. The molecule has 0 saturated carbocycles. The van der Waals surface area contributed by atoms with E-state index >= 15 is 0 Å². The molecule has 0 radical (unpaired) electrons. The Kier molecular flexibility index (Phi) is 7.48. The summed E-state index contributed by atoms with van der Waals surface area (Å²) in [5.74, 6) is 0. The molecule has 1 heterocycles. The van der Waals surface area contributed by atoms with E-state index in [9.17, 15) is 14.4 Å². The first-order chi connectivity index (χ1) is 11.5. The second kappa shape index (κ2) is 8.70. The van der Waals surface area contributed by atoms with Gasteiger partial charge in [-0.1, -0.05) is 20.8 Å². The number of carbonyl (C=O) groups excluding carboxylic acids is 1. The number of carbonyl (C=O) groups is 1. The summed E-state index contributed by atoms with van der Waals surface area (Å²) in [6.07, 6.45) is 0.245. The molecule has 9 heteroatoms. The Labute approximate surface area is 148 Å². The molecule has 1 aromatic heterocycles. The fourth-order valence-electron chi connectivity index (χ4n) is 1.80. The highest BCUT2D eigenvalue weighted by atomic mass is 28.4. The van der Waals surface area contributed by atoms with Gasteiger partial charge in [-0.2, -0.15) is 0 Å². The van der Waals surface area contributed by atoms with Crippen LogP contribution in [0.2, 0.25) is 18.1 Å². The minimum Gasteiger partial charge on any atom is -0.414 e. The maximum atomic E-state index is 11.9. The summed E-state index contributed by atoms with van der Waals surface area (Å²) in [4.78, 5) is 36.7. The summed E-state index contributed by atoms with van der Waals surface area (Å²) in [6.45, 7) is 10.6. The summed E-state index contributed by atoms with van der Waals surface area (Å²) in [6, 6.07) is 1.20. The fourth-order valence-corrected chi connectivity index (χ4v) is 2.82. The minimum absolute atomic E-state index is 0.00220. The van der Waals surface area contributed by atoms with Gasteiger partial charge in [0, 0.05) is 19.4 Å². The lowest BCUT2D eigenvalue weighted by atomic mass is 10.2. The van der Waals surface area contributed by atoms with Gasteiger partial charge in [-0.15, -0.1) is 0 Å². The first kappa shape index (κ1) is 21.5. The standard InChI is InChI=1S/C16H28N2O6Si/c1-16(2,3)25(5,6)23-10-12(9-19)24-14(11-22-4)18-8-7-13(20)17-15(18)21/h7-9,12,14H,10-11H2,1-6H3,(H,17,20,21)/t12-,14-/m1/s1. The Hall–Kier alpha value is -1.55. The summed E-state index contributed by atoms with van der Waals surface area (Å²) in [7, 11) is -0.584. The zero-order chi connectivity index (χ0) is 19.3. The second-order valence-corrected chi connectivity index (χ2v) is 12.1. The van der Waals surface area contributed by atoms with Crippen LogP contribution in [0.4, 0.5) is 0 Å². The van der Waals surface area contributed by atoms with Crippen LogP contribution in [0.15, 0.2) is 21.9 Å². The molecule has 1 N–H and O–H groups in total. The summed E-state index contributed by atoms with van der Waals surface area (Å²) >= 11 is 0. The molecule has 0 saturated heterocycles. The van der Waals surface area contributed by atoms with Crippen LogP contribution in [-0.2, 0) is 18.7 Å². The number of nitrogens with zero attached hydrogens (tertiary/aromatic N) is 1. The Balaban J connectivity index is 2.89. The van der Waals surface area contributed by atoms with Crippen molar-refractivity contribution in [2.75, 3.05) is 20.3 Å². The molecule has 0 spiro atoms. The van der Waals surface area contributed by atoms with Gasteiger partial charge >= 0.3 is 5.69 Å². The molecule has 142 valence electrons. The van der Waals surface area contributed by atoms with Crippen molar-refractivity contribution in [1.29, 1.82) is 0 Å². The molecule has 2 atom stereocenters. The molecular formula is C16H28N2O6Si. The maximum absolute atomic E-state index is 11.9. The van der Waals surface area contributed by atoms with Gasteiger partial charge in [0.1, 0.15) is 6.10 Å². The smallest absolute Gasteiger partial charge is 0.330 e. The predicted molar refractivity (Wildman–Crippen MR) is 96.3 cm³/mol. The number of hydrogen-bond donors (Lipinski definition) is 1. The normalized spacial score (nSPS) is 15.0. The van der Waals surface area contributed by atoms with Crippen molar-refractivity contribution in [3.05, 3.63) is 33.1 Å². The number of aromatic nitrogens is 2. The van der Waals surface area contributed by atoms with Crippen LogP contribution in [0.25, 0.3) is 0 Å². The minimum atomic E-state index is -2.04. The average Bonchev–Trinajstić information content (AvgIpc) is 2.49. The highest BCUT2D eigenvalue weighted by Crippen LogP contribution is 2.36. The second-order valence-electron chi connectivity index (χ2n) is 7.31. The summed E-state index contributed by atoms with van der Waals surface area (Å²) in [5, 5.41) is 0.00220. The highest BCUT2D eigenvalue weighted by Gasteiger charge is 2.37. The molecule has 0 aliphatic heterocycles. The van der Waals surface area contributed by atoms with Gasteiger partial charge in [0.2, 0.25) is 0 Å². The number of H-pyrrole nitrogens is 1. The zero-order valence-corrected chi connectivity index (χ0v) is 16.7. The first-order valence-corrected chi connectivity index (χ1v) is 11.0. The monoisotopic (exact) mass is 372 g/mol. The lowest BCUT2D eigenvalue weighted by Gasteiger charge is -2.37. The van der Waals surface area contributed by atoms with Crippen LogP contribution in [-0.4, -0.2) is 50.6 Å². The number of ether oxygens (including phenoxy) is 2. The van der Waals surface area contributed by atoms with Crippen molar-refractivity contribution >= 4 is 14.6 Å². The van der Waals surface area contributed by atoms with Crippen molar-refractivity contribution in [2.24, 2.45) is 0 Å². The topological polar surface area (TPSA) is 99.6 Å². The van der Waals surface area contributed by atoms with E-state index in [1.807, 2.05) is 0 Å². The van der Waals surface area contributed by atoms with E-state index in [1.165, 1.54) is 23.9 Å². The Bertz CT molecular complexity index is 676. The fraction of sp³-hybridized carbons (Fsp3) is 0.688. The van der Waals surface area contributed by atoms with Crippen LogP contribution in [0, 0.1) is 0 Å². The van der Waals surface area contributed by atoms with E-state index in [0.717, 1.165) is 0 Å². The molecular weight excluding hydrogens is 344 g/mol. The van der Waals surface area contributed by atoms with Crippen LogP contribution in [0.5, 0.6) is 0 Å². The van der Waals surface area contributed by atoms with E-state index in [0.29, 0.717) is 6.29 Å². The van der Waals surface area contributed by atoms with Crippen molar-refractivity contribution in [2.45, 2.75) is 51.2 Å². The molecule has 0 aliphatic carbocycles. The number of aldehydes is 1. The quantitative estimate of drug-likeness (QED) is 0.518. The van der Waals surface area contributed by atoms with Gasteiger partial charge in [-0.25, -0.2) is 4.79 Å². The van der Waals surface area contributed by atoms with E-state index < -0.39 is 31.9 Å². The lowest BCUT2D eigenvalue weighted by Crippen LogP contribution is -2.44. The zero-order valence-electron chi connectivity index (χ0n) is 15.7. The number of aromatic amines is 1. The van der Waals surface area contributed by atoms with Crippen LogP contribution in [0.1, 0.15) is 27.0 Å². The SMILES string of the molecule is COC[C@@H](O[C@H](C=O)CO[Si](C)(C)C(C)(C)C)n1ccc(=O)[nH]c1=O. The van der Waals surface area contributed by atoms with E-state index in [1.54, 1.807) is 0 Å². The van der Waals surface area contributed by atoms with Crippen molar-refractivity contribution in [3.63, 3.8) is 0 Å². The molecule has 0 amide bonds. The molecule has 25 heavy (non-hydrogen) atoms. The number of rotatable bonds is 9. The molecule has 8 nitrogen and oxygen atoms in total. The van der Waals surface area contributed by atoms with Gasteiger partial charge in [0.05, 0.1) is 13.2 Å². The van der Waals surface area contributed by atoms with Gasteiger partial charge in [-0.3, -0.25) is 14.3 Å². The molecule has 0 aliphatic rings. The Morgan fingerprint density at radius 3 is 2.40 bits per heavy atom. The van der Waals surface area contributed by atoms with Gasteiger partial charge in [0.15, 0.2) is 20.8 Å². The Morgan fingerprint density at radius 1 is 1.28 bits per heavy atom. The third kappa shape index (κ3) is 6.03. The molecule has 1 aromatic rings. The van der Waals surface area contributed by atoms with Crippen molar-refractivity contribution in [1.82, 2.24) is 9.55 Å². The first-order valence-electron chi connectivity index (χ1n) is 8.07. The lowest BCUT2D eigenvalue weighted by molar-refractivity contribution is -0.136. The largest absolute Gasteiger partial charge is 0.414 e. The third-order valence-electron chi connectivity index (χ3n) is 4.37. The average molecular weight is 372 g/mol. The van der Waals surface area contributed by atoms with Crippen molar-refractivity contribution in [3.8, 4) is 0 Å². The van der Waals surface area contributed by atoms with Crippen LogP contribution in [0.3, 0.4) is 0 Å². The van der Waals surface area contributed by atoms with Crippen LogP contribution < -0.4 is 11.2 Å². The number of methoxy groups -OCH3 is 1. The Morgan fingerprint density at radius 2 is 1.92 bits per heavy atom. The highest BCUT2D eigenvalue weighted by molar-refractivity contribution is 6.74. The van der Waals surface area contributed by atoms with E-state index in [2.05, 4.69) is 38.8 Å². The molecule has 1 rings (SSSR count). The third-order valence-corrected chi connectivity index (χ3v) is 8.87. The summed E-state index contributed by atoms with van der Waals surface area (Å²) < 4.78 is 17.9. The molecule has 0 fully saturated rings.